The molecule has 214 valence electrons. The zero-order chi connectivity index (χ0) is 28.5. The molecular weight excluding hydrogens is 490 g/mol. The fourth-order valence-corrected chi connectivity index (χ4v) is 5.39. The van der Waals surface area contributed by atoms with E-state index < -0.39 is 17.7 Å². The number of aryl methyl sites for hydroxylation is 1. The number of carbonyl (C=O) groups is 1. The monoisotopic (exact) mass is 537 g/mol. The van der Waals surface area contributed by atoms with Crippen molar-refractivity contribution in [3.63, 3.8) is 0 Å². The van der Waals surface area contributed by atoms with Crippen LogP contribution in [0.2, 0.25) is 0 Å². The van der Waals surface area contributed by atoms with Gasteiger partial charge in [0.15, 0.2) is 6.10 Å². The van der Waals surface area contributed by atoms with Crippen molar-refractivity contribution in [1.82, 2.24) is 9.97 Å². The van der Waals surface area contributed by atoms with Crippen molar-refractivity contribution in [2.24, 2.45) is 11.3 Å². The van der Waals surface area contributed by atoms with Crippen molar-refractivity contribution in [3.05, 3.63) is 35.8 Å². The van der Waals surface area contributed by atoms with Crippen molar-refractivity contribution >= 4 is 11.7 Å². The maximum Gasteiger partial charge on any atom is 0.340 e. The molecule has 0 unspecified atom stereocenters. The molecule has 2 aromatic rings. The molecule has 2 aromatic heterocycles. The third-order valence-electron chi connectivity index (χ3n) is 7.67. The lowest BCUT2D eigenvalue weighted by atomic mass is 9.82. The summed E-state index contributed by atoms with van der Waals surface area (Å²) in [4.78, 5) is 25.5. The summed E-state index contributed by atoms with van der Waals surface area (Å²) in [5.74, 6) is 1.11. The second-order valence-corrected chi connectivity index (χ2v) is 13.5. The first-order valence-electron chi connectivity index (χ1n) is 14.5. The number of hydrogen-bond acceptors (Lipinski definition) is 7. The molecule has 7 nitrogen and oxygen atoms in total. The van der Waals surface area contributed by atoms with Crippen LogP contribution < -0.4 is 9.64 Å². The van der Waals surface area contributed by atoms with Gasteiger partial charge in [-0.05, 0) is 90.7 Å². The number of ether oxygens (including phenoxy) is 3. The Morgan fingerprint density at radius 1 is 1.08 bits per heavy atom. The molecule has 3 heterocycles. The van der Waals surface area contributed by atoms with E-state index in [4.69, 9.17) is 24.2 Å². The van der Waals surface area contributed by atoms with Gasteiger partial charge in [-0.1, -0.05) is 20.8 Å². The van der Waals surface area contributed by atoms with Crippen LogP contribution in [0.1, 0.15) is 98.4 Å². The van der Waals surface area contributed by atoms with Gasteiger partial charge in [0.25, 0.3) is 0 Å². The Morgan fingerprint density at radius 3 is 2.28 bits per heavy atom. The molecule has 1 saturated carbocycles. The molecule has 4 rings (SSSR count). The van der Waals surface area contributed by atoms with Crippen LogP contribution in [0.4, 0.5) is 5.69 Å². The molecule has 0 radical (unpaired) electrons. The Bertz CT molecular complexity index is 1140. The first kappa shape index (κ1) is 29.3. The highest BCUT2D eigenvalue weighted by Crippen LogP contribution is 2.43. The summed E-state index contributed by atoms with van der Waals surface area (Å²) >= 11 is 0. The highest BCUT2D eigenvalue weighted by atomic mass is 16.6. The van der Waals surface area contributed by atoms with Crippen molar-refractivity contribution in [3.8, 4) is 17.0 Å². The summed E-state index contributed by atoms with van der Waals surface area (Å²) in [5, 5.41) is 0. The maximum absolute atomic E-state index is 13.5. The third kappa shape index (κ3) is 7.30. The molecule has 1 atom stereocenters. The molecule has 2 fully saturated rings. The number of carbonyl (C=O) groups excluding carboxylic acids is 1. The van der Waals surface area contributed by atoms with E-state index in [1.807, 2.05) is 59.9 Å². The molecule has 1 aliphatic heterocycles. The fraction of sp³-hybridized carbons (Fsp3) is 0.656. The van der Waals surface area contributed by atoms with E-state index in [0.717, 1.165) is 78.6 Å². The fourth-order valence-electron chi connectivity index (χ4n) is 5.39. The van der Waals surface area contributed by atoms with Crippen molar-refractivity contribution < 1.29 is 19.0 Å². The van der Waals surface area contributed by atoms with Gasteiger partial charge >= 0.3 is 5.97 Å². The van der Waals surface area contributed by atoms with Gasteiger partial charge in [-0.2, -0.15) is 0 Å². The summed E-state index contributed by atoms with van der Waals surface area (Å²) in [6.45, 7) is 20.2. The molecule has 7 heteroatoms. The van der Waals surface area contributed by atoms with Gasteiger partial charge in [0.05, 0.1) is 35.4 Å². The molecule has 39 heavy (non-hydrogen) atoms. The highest BCUT2D eigenvalue weighted by Gasteiger charge is 2.37. The van der Waals surface area contributed by atoms with E-state index >= 15 is 0 Å². The second-order valence-electron chi connectivity index (χ2n) is 13.5. The largest absolute Gasteiger partial charge is 0.489 e. The van der Waals surface area contributed by atoms with Gasteiger partial charge in [-0.3, -0.25) is 9.97 Å². The highest BCUT2D eigenvalue weighted by molar-refractivity contribution is 5.86. The van der Waals surface area contributed by atoms with Crippen LogP contribution in [0.25, 0.3) is 11.3 Å². The lowest BCUT2D eigenvalue weighted by Gasteiger charge is -2.41. The Hall–Kier alpha value is -2.67. The van der Waals surface area contributed by atoms with Gasteiger partial charge in [0, 0.05) is 36.1 Å². The summed E-state index contributed by atoms with van der Waals surface area (Å²) in [7, 11) is 0. The van der Waals surface area contributed by atoms with Crippen LogP contribution in [0.3, 0.4) is 0 Å². The van der Waals surface area contributed by atoms with E-state index in [0.29, 0.717) is 0 Å². The van der Waals surface area contributed by atoms with E-state index in [-0.39, 0.29) is 17.6 Å². The smallest absolute Gasteiger partial charge is 0.340 e. The second kappa shape index (κ2) is 11.4. The molecule has 1 saturated heterocycles. The Morgan fingerprint density at radius 2 is 1.74 bits per heavy atom. The van der Waals surface area contributed by atoms with Gasteiger partial charge in [-0.25, -0.2) is 4.79 Å². The van der Waals surface area contributed by atoms with Crippen molar-refractivity contribution in [2.45, 2.75) is 112 Å². The lowest BCUT2D eigenvalue weighted by molar-refractivity contribution is -0.171. The maximum atomic E-state index is 13.5. The topological polar surface area (TPSA) is 73.8 Å². The molecule has 0 spiro atoms. The normalized spacial score (nSPS) is 21.8. The summed E-state index contributed by atoms with van der Waals surface area (Å²) in [5.41, 5.74) is 3.87. The van der Waals surface area contributed by atoms with Crippen LogP contribution in [0, 0.1) is 18.3 Å². The van der Waals surface area contributed by atoms with Crippen LogP contribution in [-0.2, 0) is 14.3 Å². The number of hydrogen-bond donors (Lipinski definition) is 0. The predicted molar refractivity (Wildman–Crippen MR) is 155 cm³/mol. The molecule has 0 amide bonds. The molecule has 0 bridgehead atoms. The minimum absolute atomic E-state index is 0.257. The molecule has 0 N–H and O–H groups in total. The van der Waals surface area contributed by atoms with Gasteiger partial charge < -0.3 is 19.1 Å². The standard InChI is InChI=1S/C32H47N3O4/c1-20(2)37-30(36)29(39-31(5,6)7)27-22(4)33-19-25(28(27)35-14-12-32(8,9)13-15-35)26-11-10-23(18-34-26)38-24-16-21(3)17-24/h10-11,18-21,24,29H,12-17H2,1-9H3/t21?,24?,29-/m0/s1. The van der Waals surface area contributed by atoms with Gasteiger partial charge in [-0.15, -0.1) is 0 Å². The first-order valence-corrected chi connectivity index (χ1v) is 14.5. The average molecular weight is 538 g/mol. The van der Waals surface area contributed by atoms with E-state index in [9.17, 15) is 4.79 Å². The summed E-state index contributed by atoms with van der Waals surface area (Å²) < 4.78 is 18.3. The van der Waals surface area contributed by atoms with Gasteiger partial charge in [0.2, 0.25) is 0 Å². The van der Waals surface area contributed by atoms with Crippen molar-refractivity contribution in [2.75, 3.05) is 18.0 Å². The van der Waals surface area contributed by atoms with Crippen LogP contribution in [-0.4, -0.2) is 46.8 Å². The lowest BCUT2D eigenvalue weighted by Crippen LogP contribution is -2.39. The van der Waals surface area contributed by atoms with E-state index in [2.05, 4.69) is 25.7 Å². The Kier molecular flexibility index (Phi) is 8.60. The molecule has 2 aliphatic rings. The zero-order valence-electron chi connectivity index (χ0n) is 25.3. The Balaban J connectivity index is 1.80. The molecular formula is C32H47N3O4. The molecule has 0 aromatic carbocycles. The number of anilines is 1. The predicted octanol–water partition coefficient (Wildman–Crippen LogP) is 7.06. The van der Waals surface area contributed by atoms with Gasteiger partial charge in [0.1, 0.15) is 5.75 Å². The SMILES string of the molecule is Cc1ncc(-c2ccc(OC3CC(C)C3)cn2)c(N2CCC(C)(C)CC2)c1[C@H](OC(C)(C)C)C(=O)OC(C)C. The zero-order valence-corrected chi connectivity index (χ0v) is 25.3. The number of aromatic nitrogens is 2. The average Bonchev–Trinajstić information content (AvgIpc) is 2.81. The third-order valence-corrected chi connectivity index (χ3v) is 7.67. The number of pyridine rings is 2. The number of rotatable bonds is 8. The van der Waals surface area contributed by atoms with Crippen LogP contribution in [0.15, 0.2) is 24.5 Å². The van der Waals surface area contributed by atoms with Crippen LogP contribution in [0.5, 0.6) is 5.75 Å². The minimum atomic E-state index is -0.909. The Labute approximate surface area is 234 Å². The van der Waals surface area contributed by atoms with Crippen molar-refractivity contribution in [1.29, 1.82) is 0 Å². The minimum Gasteiger partial charge on any atom is -0.489 e. The number of esters is 1. The summed E-state index contributed by atoms with van der Waals surface area (Å²) in [6, 6.07) is 3.99. The number of nitrogens with zero attached hydrogens (tertiary/aromatic N) is 3. The summed E-state index contributed by atoms with van der Waals surface area (Å²) in [6.07, 6.45) is 7.07. The first-order chi connectivity index (χ1) is 18.2. The molecule has 1 aliphatic carbocycles. The van der Waals surface area contributed by atoms with E-state index in [1.165, 1.54) is 0 Å². The number of piperidine rings is 1. The van der Waals surface area contributed by atoms with Crippen LogP contribution >= 0.6 is 0 Å². The van der Waals surface area contributed by atoms with E-state index in [1.54, 1.807) is 6.20 Å². The quantitative estimate of drug-likeness (QED) is 0.334.